The summed E-state index contributed by atoms with van der Waals surface area (Å²) < 4.78 is 7.54. The van der Waals surface area contributed by atoms with Crippen LogP contribution in [-0.4, -0.2) is 66.1 Å². The van der Waals surface area contributed by atoms with Crippen LogP contribution in [0, 0.1) is 13.8 Å². The molecule has 2 heterocycles. The lowest BCUT2D eigenvalue weighted by Gasteiger charge is -2.32. The second-order valence-electron chi connectivity index (χ2n) is 7.87. The van der Waals surface area contributed by atoms with Crippen molar-refractivity contribution in [3.8, 4) is 0 Å². The van der Waals surface area contributed by atoms with Crippen LogP contribution in [0.5, 0.6) is 0 Å². The molecule has 31 heavy (non-hydrogen) atoms. The fraction of sp³-hybridized carbons (Fsp3) is 0.565. The number of halogens is 1. The number of benzene rings is 1. The monoisotopic (exact) mass is 540 g/mol. The number of nitrogens with zero attached hydrogens (tertiary/aromatic N) is 4. The molecule has 0 amide bonds. The van der Waals surface area contributed by atoms with E-state index in [1.807, 2.05) is 6.07 Å². The topological polar surface area (TPSA) is 66.7 Å². The van der Waals surface area contributed by atoms with Gasteiger partial charge in [-0.05, 0) is 33.3 Å². The van der Waals surface area contributed by atoms with Gasteiger partial charge in [-0.3, -0.25) is 9.58 Å². The first kappa shape index (κ1) is 25.6. The molecule has 1 aromatic heterocycles. The average molecular weight is 540 g/mol. The van der Waals surface area contributed by atoms with Crippen molar-refractivity contribution in [1.29, 1.82) is 0 Å². The molecule has 1 fully saturated rings. The van der Waals surface area contributed by atoms with E-state index in [-0.39, 0.29) is 24.0 Å². The zero-order valence-electron chi connectivity index (χ0n) is 19.2. The molecular weight excluding hydrogens is 503 g/mol. The van der Waals surface area contributed by atoms with Crippen LogP contribution >= 0.6 is 24.0 Å². The summed E-state index contributed by atoms with van der Waals surface area (Å²) in [5.41, 5.74) is 4.68. The van der Waals surface area contributed by atoms with E-state index >= 15 is 0 Å². The van der Waals surface area contributed by atoms with Crippen LogP contribution in [0.4, 0.5) is 0 Å². The van der Waals surface area contributed by atoms with Gasteiger partial charge in [0.15, 0.2) is 5.96 Å². The lowest BCUT2D eigenvalue weighted by Crippen LogP contribution is -2.49. The Labute approximate surface area is 203 Å². The summed E-state index contributed by atoms with van der Waals surface area (Å²) in [6.45, 7) is 15.3. The lowest BCUT2D eigenvalue weighted by molar-refractivity contribution is 0.0211. The van der Waals surface area contributed by atoms with Crippen LogP contribution in [0.15, 0.2) is 35.3 Å². The molecule has 0 aliphatic carbocycles. The van der Waals surface area contributed by atoms with E-state index < -0.39 is 0 Å². The van der Waals surface area contributed by atoms with Crippen LogP contribution in [-0.2, 0) is 17.8 Å². The smallest absolute Gasteiger partial charge is 0.191 e. The molecule has 0 bridgehead atoms. The Hall–Kier alpha value is -1.65. The van der Waals surface area contributed by atoms with Gasteiger partial charge >= 0.3 is 0 Å². The Balaban J connectivity index is 0.00000341. The fourth-order valence-electron chi connectivity index (χ4n) is 3.76. The summed E-state index contributed by atoms with van der Waals surface area (Å²) in [5.74, 6) is 0.854. The van der Waals surface area contributed by atoms with E-state index in [0.29, 0.717) is 12.6 Å². The van der Waals surface area contributed by atoms with Gasteiger partial charge in [-0.25, -0.2) is 4.99 Å². The largest absolute Gasteiger partial charge is 0.379 e. The molecule has 2 aromatic rings. The predicted octanol–water partition coefficient (Wildman–Crippen LogP) is 2.94. The number of hydrogen-bond acceptors (Lipinski definition) is 4. The van der Waals surface area contributed by atoms with Gasteiger partial charge in [0.2, 0.25) is 0 Å². The third-order valence-corrected chi connectivity index (χ3v) is 5.68. The van der Waals surface area contributed by atoms with E-state index in [1.54, 1.807) is 0 Å². The van der Waals surface area contributed by atoms with Crippen LogP contribution in [0.3, 0.4) is 0 Å². The molecular formula is C23H37IN6O. The minimum atomic E-state index is 0. The summed E-state index contributed by atoms with van der Waals surface area (Å²) in [6.07, 6.45) is 0. The van der Waals surface area contributed by atoms with Crippen LogP contribution in [0.25, 0.3) is 0 Å². The normalized spacial score (nSPS) is 15.9. The molecule has 0 saturated carbocycles. The predicted molar refractivity (Wildman–Crippen MR) is 137 cm³/mol. The van der Waals surface area contributed by atoms with Crippen molar-refractivity contribution in [2.24, 2.45) is 4.99 Å². The van der Waals surface area contributed by atoms with E-state index in [9.17, 15) is 0 Å². The summed E-state index contributed by atoms with van der Waals surface area (Å²) in [6, 6.07) is 10.9. The maximum atomic E-state index is 5.46. The van der Waals surface area contributed by atoms with Gasteiger partial charge < -0.3 is 15.4 Å². The van der Waals surface area contributed by atoms with E-state index in [4.69, 9.17) is 14.8 Å². The average Bonchev–Trinajstić information content (AvgIpc) is 3.03. The highest BCUT2D eigenvalue weighted by molar-refractivity contribution is 14.0. The number of rotatable bonds is 8. The summed E-state index contributed by atoms with van der Waals surface area (Å²) in [4.78, 5) is 7.30. The van der Waals surface area contributed by atoms with Gasteiger partial charge in [0.1, 0.15) is 0 Å². The van der Waals surface area contributed by atoms with Gasteiger partial charge in [0.25, 0.3) is 0 Å². The van der Waals surface area contributed by atoms with Gasteiger partial charge in [-0.1, -0.05) is 30.3 Å². The molecule has 1 aliphatic rings. The Bertz CT molecular complexity index is 817. The Kier molecular flexibility index (Phi) is 10.8. The highest BCUT2D eigenvalue weighted by Gasteiger charge is 2.17. The number of ether oxygens (including phenoxy) is 1. The van der Waals surface area contributed by atoms with Crippen molar-refractivity contribution in [2.75, 3.05) is 39.4 Å². The first-order valence-corrected chi connectivity index (χ1v) is 11.0. The maximum Gasteiger partial charge on any atom is 0.191 e. The number of aliphatic imine (C=N–C) groups is 1. The highest BCUT2D eigenvalue weighted by atomic mass is 127. The first-order chi connectivity index (χ1) is 14.6. The number of nitrogens with one attached hydrogen (secondary N) is 2. The third kappa shape index (κ3) is 7.47. The zero-order chi connectivity index (χ0) is 21.3. The van der Waals surface area contributed by atoms with Crippen molar-refractivity contribution < 1.29 is 4.74 Å². The lowest BCUT2D eigenvalue weighted by atomic mass is 10.2. The zero-order valence-corrected chi connectivity index (χ0v) is 21.6. The van der Waals surface area contributed by atoms with E-state index in [1.165, 1.54) is 16.8 Å². The molecule has 1 aromatic carbocycles. The van der Waals surface area contributed by atoms with Gasteiger partial charge in [0, 0.05) is 43.5 Å². The second kappa shape index (κ2) is 13.0. The second-order valence-corrected chi connectivity index (χ2v) is 7.87. The van der Waals surface area contributed by atoms with Crippen molar-refractivity contribution in [2.45, 2.75) is 46.8 Å². The van der Waals surface area contributed by atoms with Crippen LogP contribution < -0.4 is 10.6 Å². The summed E-state index contributed by atoms with van der Waals surface area (Å²) in [5, 5.41) is 11.6. The molecule has 3 rings (SSSR count). The molecule has 0 radical (unpaired) electrons. The van der Waals surface area contributed by atoms with Crippen molar-refractivity contribution in [3.63, 3.8) is 0 Å². The highest BCUT2D eigenvalue weighted by Crippen LogP contribution is 2.16. The number of guanidine groups is 1. The number of hydrogen-bond donors (Lipinski definition) is 2. The Morgan fingerprint density at radius 2 is 1.87 bits per heavy atom. The third-order valence-electron chi connectivity index (χ3n) is 5.68. The summed E-state index contributed by atoms with van der Waals surface area (Å²) in [7, 11) is 0. The van der Waals surface area contributed by atoms with E-state index in [0.717, 1.165) is 57.6 Å². The van der Waals surface area contributed by atoms with Crippen molar-refractivity contribution >= 4 is 29.9 Å². The number of aryl methyl sites for hydroxylation is 1. The maximum absolute atomic E-state index is 5.46. The van der Waals surface area contributed by atoms with Gasteiger partial charge in [-0.2, -0.15) is 5.10 Å². The molecule has 1 unspecified atom stereocenters. The number of aromatic nitrogens is 2. The molecule has 1 atom stereocenters. The number of morpholine rings is 1. The van der Waals surface area contributed by atoms with Crippen molar-refractivity contribution in [3.05, 3.63) is 52.8 Å². The van der Waals surface area contributed by atoms with Crippen LogP contribution in [0.1, 0.15) is 36.4 Å². The molecule has 1 saturated heterocycles. The summed E-state index contributed by atoms with van der Waals surface area (Å²) >= 11 is 0. The minimum Gasteiger partial charge on any atom is -0.379 e. The fourth-order valence-corrected chi connectivity index (χ4v) is 3.76. The van der Waals surface area contributed by atoms with Crippen LogP contribution in [0.2, 0.25) is 0 Å². The van der Waals surface area contributed by atoms with E-state index in [2.05, 4.69) is 72.2 Å². The van der Waals surface area contributed by atoms with Gasteiger partial charge in [0.05, 0.1) is 32.0 Å². The molecule has 2 N–H and O–H groups in total. The molecule has 172 valence electrons. The molecule has 1 aliphatic heterocycles. The minimum absolute atomic E-state index is 0. The first-order valence-electron chi connectivity index (χ1n) is 11.0. The molecule has 8 heteroatoms. The molecule has 7 nitrogen and oxygen atoms in total. The quantitative estimate of drug-likeness (QED) is 0.306. The molecule has 0 spiro atoms. The Morgan fingerprint density at radius 3 is 2.55 bits per heavy atom. The SMILES string of the molecule is CCNC(=NCc1c(C)nn(Cc2ccccc2)c1C)NCC(C)N1CCOCC1.I. The van der Waals surface area contributed by atoms with Gasteiger partial charge in [-0.15, -0.1) is 24.0 Å². The standard InChI is InChI=1S/C23H36N6O.HI/c1-5-24-23(25-15-18(2)28-11-13-30-14-12-28)26-16-22-19(3)27-29(20(22)4)17-21-9-7-6-8-10-21;/h6-10,18H,5,11-17H2,1-4H3,(H2,24,25,26);1H. The van der Waals surface area contributed by atoms with Crippen molar-refractivity contribution in [1.82, 2.24) is 25.3 Å². The Morgan fingerprint density at radius 1 is 1.16 bits per heavy atom.